The molecular formula is C16H12O2. The third-order valence-electron chi connectivity index (χ3n) is 3.36. The van der Waals surface area contributed by atoms with Crippen molar-refractivity contribution in [3.8, 4) is 0 Å². The normalized spacial score (nSPS) is 13.4. The first-order valence-corrected chi connectivity index (χ1v) is 6.02. The third-order valence-corrected chi connectivity index (χ3v) is 3.36. The van der Waals surface area contributed by atoms with Crippen molar-refractivity contribution in [3.63, 3.8) is 0 Å². The highest BCUT2D eigenvalue weighted by atomic mass is 16.1. The number of hydrogen-bond acceptors (Lipinski definition) is 2. The molecule has 2 aromatic rings. The fraction of sp³-hybridized carbons (Fsp3) is 0.125. The first-order valence-electron chi connectivity index (χ1n) is 6.02. The molecule has 18 heavy (non-hydrogen) atoms. The van der Waals surface area contributed by atoms with Gasteiger partial charge in [0.15, 0.2) is 11.6 Å². The van der Waals surface area contributed by atoms with Crippen molar-refractivity contribution >= 4 is 11.6 Å². The molecule has 0 aliphatic heterocycles. The van der Waals surface area contributed by atoms with E-state index >= 15 is 0 Å². The number of carbonyl (C=O) groups excluding carboxylic acids is 2. The van der Waals surface area contributed by atoms with Gasteiger partial charge in [0.25, 0.3) is 0 Å². The van der Waals surface area contributed by atoms with E-state index in [1.54, 1.807) is 18.2 Å². The number of fused-ring (bicyclic) bond motifs is 1. The second-order valence-electron chi connectivity index (χ2n) is 4.45. The minimum Gasteiger partial charge on any atom is -0.294 e. The second-order valence-corrected chi connectivity index (χ2v) is 4.45. The number of rotatable bonds is 2. The molecule has 2 heteroatoms. The summed E-state index contributed by atoms with van der Waals surface area (Å²) in [6.45, 7) is 0. The largest absolute Gasteiger partial charge is 0.294 e. The van der Waals surface area contributed by atoms with Gasteiger partial charge in [-0.15, -0.1) is 0 Å². The van der Waals surface area contributed by atoms with Gasteiger partial charge in [0.05, 0.1) is 0 Å². The average Bonchev–Trinajstić information content (AvgIpc) is 2.81. The Labute approximate surface area is 105 Å². The van der Waals surface area contributed by atoms with Crippen LogP contribution >= 0.6 is 0 Å². The molecule has 0 unspecified atom stereocenters. The molecule has 1 aliphatic carbocycles. The topological polar surface area (TPSA) is 34.1 Å². The Morgan fingerprint density at radius 3 is 2.44 bits per heavy atom. The third kappa shape index (κ3) is 1.66. The maximum atomic E-state index is 12.4. The van der Waals surface area contributed by atoms with Crippen molar-refractivity contribution in [3.05, 3.63) is 70.8 Å². The molecule has 0 N–H and O–H groups in total. The molecule has 0 saturated carbocycles. The number of benzene rings is 2. The lowest BCUT2D eigenvalue weighted by atomic mass is 9.96. The van der Waals surface area contributed by atoms with Crippen molar-refractivity contribution in [1.29, 1.82) is 0 Å². The molecule has 0 amide bonds. The number of carbonyl (C=O) groups is 2. The van der Waals surface area contributed by atoms with Crippen LogP contribution in [0.25, 0.3) is 0 Å². The molecule has 0 atom stereocenters. The van der Waals surface area contributed by atoms with Gasteiger partial charge < -0.3 is 0 Å². The molecule has 0 fully saturated rings. The zero-order valence-electron chi connectivity index (χ0n) is 9.85. The Morgan fingerprint density at radius 1 is 0.889 bits per heavy atom. The summed E-state index contributed by atoms with van der Waals surface area (Å²) in [5, 5.41) is 0. The Hall–Kier alpha value is -2.22. The van der Waals surface area contributed by atoms with Crippen molar-refractivity contribution in [2.75, 3.05) is 0 Å². The first kappa shape index (κ1) is 10.9. The molecule has 0 spiro atoms. The zero-order chi connectivity index (χ0) is 12.5. The summed E-state index contributed by atoms with van der Waals surface area (Å²) in [6, 6.07) is 14.6. The molecule has 0 aromatic heterocycles. The van der Waals surface area contributed by atoms with Crippen LogP contribution in [0, 0.1) is 0 Å². The maximum Gasteiger partial charge on any atom is 0.193 e. The van der Waals surface area contributed by atoms with E-state index in [9.17, 15) is 9.59 Å². The van der Waals surface area contributed by atoms with E-state index in [0.717, 1.165) is 11.1 Å². The Kier molecular flexibility index (Phi) is 2.56. The van der Waals surface area contributed by atoms with Crippen molar-refractivity contribution in [1.82, 2.24) is 0 Å². The summed E-state index contributed by atoms with van der Waals surface area (Å²) < 4.78 is 0. The highest BCUT2D eigenvalue weighted by molar-refractivity contribution is 6.12. The van der Waals surface area contributed by atoms with Gasteiger partial charge in [-0.3, -0.25) is 9.59 Å². The standard InChI is InChI=1S/C16H12O2/c17-15-10-9-12-13(15)7-4-8-14(12)16(18)11-5-2-1-3-6-11/h1-8H,9-10H2. The minimum atomic E-state index is 0.00199. The molecule has 88 valence electrons. The summed E-state index contributed by atoms with van der Waals surface area (Å²) >= 11 is 0. The van der Waals surface area contributed by atoms with E-state index < -0.39 is 0 Å². The van der Waals surface area contributed by atoms with Gasteiger partial charge in [0.2, 0.25) is 0 Å². The van der Waals surface area contributed by atoms with Gasteiger partial charge in [-0.25, -0.2) is 0 Å². The van der Waals surface area contributed by atoms with Crippen molar-refractivity contribution in [2.45, 2.75) is 12.8 Å². The number of hydrogen-bond donors (Lipinski definition) is 0. The van der Waals surface area contributed by atoms with Crippen LogP contribution in [-0.2, 0) is 6.42 Å². The SMILES string of the molecule is O=C1CCc2c1cccc2C(=O)c1ccccc1. The first-order chi connectivity index (χ1) is 8.77. The van der Waals surface area contributed by atoms with Gasteiger partial charge in [0, 0.05) is 23.1 Å². The lowest BCUT2D eigenvalue weighted by Crippen LogP contribution is -2.05. The van der Waals surface area contributed by atoms with Crippen molar-refractivity contribution in [2.24, 2.45) is 0 Å². The molecule has 2 nitrogen and oxygen atoms in total. The van der Waals surface area contributed by atoms with Crippen LogP contribution in [-0.4, -0.2) is 11.6 Å². The van der Waals surface area contributed by atoms with Crippen LogP contribution in [0.1, 0.15) is 38.3 Å². The van der Waals surface area contributed by atoms with Gasteiger partial charge in [-0.2, -0.15) is 0 Å². The van der Waals surface area contributed by atoms with Crippen LogP contribution in [0.2, 0.25) is 0 Å². The van der Waals surface area contributed by atoms with Gasteiger partial charge in [0.1, 0.15) is 0 Å². The zero-order valence-corrected chi connectivity index (χ0v) is 9.85. The molecule has 0 saturated heterocycles. The van der Waals surface area contributed by atoms with Gasteiger partial charge in [-0.05, 0) is 12.0 Å². The quantitative estimate of drug-likeness (QED) is 0.751. The van der Waals surface area contributed by atoms with E-state index in [0.29, 0.717) is 24.0 Å². The Balaban J connectivity index is 2.09. The van der Waals surface area contributed by atoms with E-state index in [2.05, 4.69) is 0 Å². The summed E-state index contributed by atoms with van der Waals surface area (Å²) in [5.74, 6) is 0.148. The monoisotopic (exact) mass is 236 g/mol. The lowest BCUT2D eigenvalue weighted by molar-refractivity contribution is 0.0993. The summed E-state index contributed by atoms with van der Waals surface area (Å²) in [5.41, 5.74) is 2.97. The van der Waals surface area contributed by atoms with E-state index in [1.807, 2.05) is 30.3 Å². The smallest absolute Gasteiger partial charge is 0.193 e. The van der Waals surface area contributed by atoms with Crippen LogP contribution in [0.4, 0.5) is 0 Å². The molecule has 0 radical (unpaired) electrons. The second kappa shape index (κ2) is 4.22. The number of Topliss-reactive ketones (excluding diaryl/α,β-unsaturated/α-hetero) is 1. The highest BCUT2D eigenvalue weighted by Crippen LogP contribution is 2.26. The average molecular weight is 236 g/mol. The van der Waals surface area contributed by atoms with Crippen LogP contribution in [0.5, 0.6) is 0 Å². The molecule has 3 rings (SSSR count). The number of ketones is 2. The molecule has 0 heterocycles. The summed E-state index contributed by atoms with van der Waals surface area (Å²) in [7, 11) is 0. The Morgan fingerprint density at radius 2 is 1.67 bits per heavy atom. The summed E-state index contributed by atoms with van der Waals surface area (Å²) in [6.07, 6.45) is 1.21. The molecular weight excluding hydrogens is 224 g/mol. The predicted molar refractivity (Wildman–Crippen MR) is 69.0 cm³/mol. The fourth-order valence-corrected chi connectivity index (χ4v) is 2.45. The molecule has 0 bridgehead atoms. The molecule has 1 aliphatic rings. The van der Waals surface area contributed by atoms with Gasteiger partial charge in [-0.1, -0.05) is 48.5 Å². The van der Waals surface area contributed by atoms with E-state index in [4.69, 9.17) is 0 Å². The minimum absolute atomic E-state index is 0.00199. The van der Waals surface area contributed by atoms with Crippen LogP contribution in [0.3, 0.4) is 0 Å². The van der Waals surface area contributed by atoms with E-state index in [-0.39, 0.29) is 11.6 Å². The van der Waals surface area contributed by atoms with Crippen LogP contribution < -0.4 is 0 Å². The lowest BCUT2D eigenvalue weighted by Gasteiger charge is -2.06. The van der Waals surface area contributed by atoms with Crippen LogP contribution in [0.15, 0.2) is 48.5 Å². The fourth-order valence-electron chi connectivity index (χ4n) is 2.45. The van der Waals surface area contributed by atoms with Gasteiger partial charge >= 0.3 is 0 Å². The highest BCUT2D eigenvalue weighted by Gasteiger charge is 2.24. The maximum absolute atomic E-state index is 12.4. The van der Waals surface area contributed by atoms with E-state index in [1.165, 1.54) is 0 Å². The van der Waals surface area contributed by atoms with Crippen molar-refractivity contribution < 1.29 is 9.59 Å². The Bertz CT molecular complexity index is 627. The summed E-state index contributed by atoms with van der Waals surface area (Å²) in [4.78, 5) is 24.1. The predicted octanol–water partition coefficient (Wildman–Crippen LogP) is 3.05. The molecule has 2 aromatic carbocycles.